The molecule has 0 aliphatic rings. The number of nitrogens with zero attached hydrogens (tertiary/aromatic N) is 3. The van der Waals surface area contributed by atoms with Crippen molar-refractivity contribution in [3.8, 4) is 0 Å². The van der Waals surface area contributed by atoms with Crippen molar-refractivity contribution >= 4 is 21.7 Å². The molecule has 2 heterocycles. The summed E-state index contributed by atoms with van der Waals surface area (Å²) >= 11 is 3.21. The number of alkyl halides is 2. The molecule has 2 rings (SSSR count). The van der Waals surface area contributed by atoms with Crippen LogP contribution in [0.15, 0.2) is 35.2 Å². The summed E-state index contributed by atoms with van der Waals surface area (Å²) in [5.41, 5.74) is 0.730. The topological polar surface area (TPSA) is 47.8 Å². The predicted octanol–water partition coefficient (Wildman–Crippen LogP) is 2.86. The zero-order valence-electron chi connectivity index (χ0n) is 9.05. The molecule has 0 aromatic carbocycles. The van der Waals surface area contributed by atoms with Gasteiger partial charge in [0, 0.05) is 23.3 Å². The molecule has 0 saturated carbocycles. The molecule has 0 radical (unpaired) electrons. The van der Waals surface area contributed by atoms with Gasteiger partial charge < -0.3 is 0 Å². The minimum atomic E-state index is -2.69. The van der Waals surface area contributed by atoms with Crippen LogP contribution in [-0.4, -0.2) is 20.5 Å². The van der Waals surface area contributed by atoms with E-state index >= 15 is 0 Å². The third-order valence-corrected chi connectivity index (χ3v) is 2.70. The minimum Gasteiger partial charge on any atom is -0.292 e. The van der Waals surface area contributed by atoms with Gasteiger partial charge in [0.15, 0.2) is 5.78 Å². The fraction of sp³-hybridized carbons (Fsp3) is 0.182. The van der Waals surface area contributed by atoms with E-state index in [1.54, 1.807) is 12.1 Å². The van der Waals surface area contributed by atoms with E-state index in [1.165, 1.54) is 12.4 Å². The molecule has 0 fully saturated rings. The van der Waals surface area contributed by atoms with Crippen molar-refractivity contribution < 1.29 is 13.6 Å². The number of hydrogen-bond acceptors (Lipinski definition) is 3. The first-order valence-corrected chi connectivity index (χ1v) is 5.81. The summed E-state index contributed by atoms with van der Waals surface area (Å²) in [7, 11) is 0. The first-order valence-electron chi connectivity index (χ1n) is 5.02. The molecule has 0 unspecified atom stereocenters. The molecule has 7 heteroatoms. The van der Waals surface area contributed by atoms with E-state index in [9.17, 15) is 13.6 Å². The molecule has 0 amide bonds. The maximum Gasteiger partial charge on any atom is 0.333 e. The molecule has 4 nitrogen and oxygen atoms in total. The lowest BCUT2D eigenvalue weighted by Gasteiger charge is -1.98. The zero-order chi connectivity index (χ0) is 13.1. The minimum absolute atomic E-state index is 0.00134. The number of hydrogen-bond donors (Lipinski definition) is 0. The smallest absolute Gasteiger partial charge is 0.292 e. The molecular formula is C11H8BrF2N3O. The van der Waals surface area contributed by atoms with Gasteiger partial charge in [0.2, 0.25) is 0 Å². The number of Topliss-reactive ketones (excluding diaryl/α,β-unsaturated/α-hetero) is 1. The van der Waals surface area contributed by atoms with Crippen LogP contribution < -0.4 is 0 Å². The Morgan fingerprint density at radius 3 is 2.72 bits per heavy atom. The summed E-state index contributed by atoms with van der Waals surface area (Å²) in [4.78, 5) is 15.7. The van der Waals surface area contributed by atoms with Gasteiger partial charge in [0.1, 0.15) is 5.69 Å². The molecular weight excluding hydrogens is 308 g/mol. The highest BCUT2D eigenvalue weighted by atomic mass is 79.9. The van der Waals surface area contributed by atoms with Gasteiger partial charge in [-0.15, -0.1) is 0 Å². The van der Waals surface area contributed by atoms with E-state index in [2.05, 4.69) is 26.0 Å². The van der Waals surface area contributed by atoms with Crippen molar-refractivity contribution in [1.82, 2.24) is 14.8 Å². The lowest BCUT2D eigenvalue weighted by molar-refractivity contribution is 0.0565. The van der Waals surface area contributed by atoms with Crippen LogP contribution in [0.2, 0.25) is 0 Å². The average molecular weight is 316 g/mol. The fourth-order valence-corrected chi connectivity index (χ4v) is 1.63. The van der Waals surface area contributed by atoms with Crippen LogP contribution in [0.5, 0.6) is 0 Å². The van der Waals surface area contributed by atoms with Crippen LogP contribution in [0.1, 0.15) is 22.6 Å². The molecule has 0 N–H and O–H groups in total. The van der Waals surface area contributed by atoms with Crippen LogP contribution in [0, 0.1) is 0 Å². The average Bonchev–Trinajstić information content (AvgIpc) is 2.78. The van der Waals surface area contributed by atoms with Gasteiger partial charge in [-0.1, -0.05) is 0 Å². The number of pyridine rings is 1. The van der Waals surface area contributed by atoms with Crippen molar-refractivity contribution in [3.63, 3.8) is 0 Å². The summed E-state index contributed by atoms with van der Waals surface area (Å²) in [6.45, 7) is -2.69. The highest BCUT2D eigenvalue weighted by molar-refractivity contribution is 9.10. The van der Waals surface area contributed by atoms with Crippen molar-refractivity contribution in [2.45, 2.75) is 13.0 Å². The number of rotatable bonds is 4. The van der Waals surface area contributed by atoms with E-state index in [-0.39, 0.29) is 12.2 Å². The fourth-order valence-electron chi connectivity index (χ4n) is 1.39. The molecule has 0 aliphatic heterocycles. The standard InChI is InChI=1S/C11H8BrF2N3O/c12-8-1-2-9(15-5-8)10(18)3-7-4-16-17(6-7)11(13)14/h1-2,4-6,11H,3H2. The molecule has 0 bridgehead atoms. The molecule has 0 aliphatic carbocycles. The Labute approximate surface area is 110 Å². The molecule has 2 aromatic rings. The number of halogens is 3. The number of carbonyl (C=O) groups is 1. The maximum absolute atomic E-state index is 12.3. The van der Waals surface area contributed by atoms with Crippen molar-refractivity contribution in [2.75, 3.05) is 0 Å². The molecule has 0 spiro atoms. The van der Waals surface area contributed by atoms with Gasteiger partial charge in [-0.05, 0) is 33.6 Å². The van der Waals surface area contributed by atoms with Gasteiger partial charge >= 0.3 is 6.55 Å². The summed E-state index contributed by atoms with van der Waals surface area (Å²) in [6.07, 6.45) is 3.92. The Balaban J connectivity index is 2.08. The van der Waals surface area contributed by atoms with Crippen LogP contribution in [-0.2, 0) is 6.42 Å². The second kappa shape index (κ2) is 5.34. The van der Waals surface area contributed by atoms with Crippen LogP contribution >= 0.6 is 15.9 Å². The monoisotopic (exact) mass is 315 g/mol. The normalized spacial score (nSPS) is 10.9. The summed E-state index contributed by atoms with van der Waals surface area (Å²) in [5, 5.41) is 3.46. The number of aromatic nitrogens is 3. The lowest BCUT2D eigenvalue weighted by atomic mass is 10.1. The highest BCUT2D eigenvalue weighted by Gasteiger charge is 2.12. The van der Waals surface area contributed by atoms with E-state index in [1.807, 2.05) is 0 Å². The first kappa shape index (κ1) is 12.8. The SMILES string of the molecule is O=C(Cc1cnn(C(F)F)c1)c1ccc(Br)cn1. The highest BCUT2D eigenvalue weighted by Crippen LogP contribution is 2.12. The largest absolute Gasteiger partial charge is 0.333 e. The van der Waals surface area contributed by atoms with Crippen LogP contribution in [0.25, 0.3) is 0 Å². The molecule has 2 aromatic heterocycles. The van der Waals surface area contributed by atoms with Gasteiger partial charge in [-0.3, -0.25) is 9.78 Å². The van der Waals surface area contributed by atoms with Crippen molar-refractivity contribution in [3.05, 3.63) is 46.5 Å². The number of carbonyl (C=O) groups excluding carboxylic acids is 1. The second-order valence-electron chi connectivity index (χ2n) is 3.57. The van der Waals surface area contributed by atoms with Gasteiger partial charge in [0.05, 0.1) is 6.20 Å². The van der Waals surface area contributed by atoms with Gasteiger partial charge in [-0.2, -0.15) is 13.9 Å². The quantitative estimate of drug-likeness (QED) is 0.815. The predicted molar refractivity (Wildman–Crippen MR) is 63.5 cm³/mol. The van der Waals surface area contributed by atoms with E-state index < -0.39 is 6.55 Å². The Kier molecular flexibility index (Phi) is 3.81. The Morgan fingerprint density at radius 2 is 2.17 bits per heavy atom. The Morgan fingerprint density at radius 1 is 1.39 bits per heavy atom. The molecule has 18 heavy (non-hydrogen) atoms. The first-order chi connectivity index (χ1) is 8.56. The Hall–Kier alpha value is -1.63. The maximum atomic E-state index is 12.3. The summed E-state index contributed by atoms with van der Waals surface area (Å²) in [6, 6.07) is 3.27. The summed E-state index contributed by atoms with van der Waals surface area (Å²) < 4.78 is 25.8. The zero-order valence-corrected chi connectivity index (χ0v) is 10.6. The van der Waals surface area contributed by atoms with Gasteiger partial charge in [0.25, 0.3) is 0 Å². The van der Waals surface area contributed by atoms with Crippen molar-refractivity contribution in [2.24, 2.45) is 0 Å². The van der Waals surface area contributed by atoms with E-state index in [0.29, 0.717) is 15.9 Å². The third kappa shape index (κ3) is 2.98. The van der Waals surface area contributed by atoms with E-state index in [0.717, 1.165) is 10.7 Å². The lowest BCUT2D eigenvalue weighted by Crippen LogP contribution is -2.05. The van der Waals surface area contributed by atoms with Crippen molar-refractivity contribution in [1.29, 1.82) is 0 Å². The van der Waals surface area contributed by atoms with E-state index in [4.69, 9.17) is 0 Å². The van der Waals surface area contributed by atoms with Crippen LogP contribution in [0.4, 0.5) is 8.78 Å². The molecule has 0 atom stereocenters. The third-order valence-electron chi connectivity index (χ3n) is 2.23. The summed E-state index contributed by atoms with van der Waals surface area (Å²) in [5.74, 6) is -0.240. The molecule has 94 valence electrons. The van der Waals surface area contributed by atoms with Gasteiger partial charge in [-0.25, -0.2) is 4.68 Å². The second-order valence-corrected chi connectivity index (χ2v) is 4.48. The molecule has 0 saturated heterocycles. The number of ketones is 1. The van der Waals surface area contributed by atoms with Crippen LogP contribution in [0.3, 0.4) is 0 Å². The Bertz CT molecular complexity index is 554.